The van der Waals surface area contributed by atoms with Crippen molar-refractivity contribution in [2.24, 2.45) is 23.1 Å². The van der Waals surface area contributed by atoms with Crippen LogP contribution in [0.5, 0.6) is 46.0 Å². The number of carbonyl (C=O) groups excluding carboxylic acids is 7. The molecule has 5 aliphatic rings. The Hall–Kier alpha value is -9.41. The van der Waals surface area contributed by atoms with Crippen LogP contribution in [-0.2, 0) is 52.6 Å². The first kappa shape index (κ1) is 83.5. The number of aromatic hydroxyl groups is 3. The Labute approximate surface area is 661 Å². The number of halogens is 3. The lowest BCUT2D eigenvalue weighted by molar-refractivity contribution is -0.329. The first-order chi connectivity index (χ1) is 52.9. The summed E-state index contributed by atoms with van der Waals surface area (Å²) in [5.41, 5.74) is 14.8. The number of aliphatic hydroxyl groups is 5. The van der Waals surface area contributed by atoms with Crippen molar-refractivity contribution in [1.29, 1.82) is 0 Å². The van der Waals surface area contributed by atoms with Crippen LogP contribution < -0.4 is 63.3 Å². The summed E-state index contributed by atoms with van der Waals surface area (Å²) in [4.78, 5) is 116. The van der Waals surface area contributed by atoms with Gasteiger partial charge in [-0.05, 0) is 135 Å². The standard InChI is InChI=1S/C74H81Cl3N10O23S2/c1-27(2)15-42(81-6)67(99)86-56(69(101)82-41(65(79)97)24-51(78)91)58(92)31-8-12-45(38(76)17-31)106-47-19-33-20-48(62(47)110-72-63(109-52-25-74(5,80)64(96)29(4)105-52)61(95)60(94)49(108-72)26-111-73-83-40-21-34(75)10-14-50(40)112-73)107-46-13-9-32(18-39(46)77)59(93)57-70(102)85-55(71(103)104)37-22-35(88)23-44(90)53(37)36-16-30(7-11-43(36)89)54(68(100)87-57)84-66(98)28(33)3/h7-14,16-23,27-29,41-42,49,52,54-61,63-64,72,81,88-90,92-96H,15,24-26,80H2,1-6H3,(H2,78,91)(H2,79,97)(H,82,101)(H,84,98)(H,85,102)(H,86,99)(H,87,100)(H,103,104)/t28-,29?,41+,42-,49?,52?,54-,55-,56-,57?,58-,59-,60?,61?,63?,64?,72?,74?/m1/s1. The van der Waals surface area contributed by atoms with Crippen LogP contribution in [0.4, 0.5) is 0 Å². The molecule has 33 nitrogen and oxygen atoms in total. The molecule has 2 fully saturated rings. The number of hydrogen-bond donors (Lipinski definition) is 18. The molecule has 38 heteroatoms. The number of phenolic OH excluding ortho intramolecular Hbond substituents is 3. The van der Waals surface area contributed by atoms with Gasteiger partial charge in [0.2, 0.25) is 53.4 Å². The Balaban J connectivity index is 1.08. The van der Waals surface area contributed by atoms with E-state index in [0.717, 1.165) is 52.9 Å². The molecule has 6 heterocycles. The van der Waals surface area contributed by atoms with E-state index in [1.54, 1.807) is 25.1 Å². The highest BCUT2D eigenvalue weighted by molar-refractivity contribution is 8.01. The smallest absolute Gasteiger partial charge is 0.330 e. The fraction of sp³-hybridized carbons (Fsp3) is 0.392. The van der Waals surface area contributed by atoms with Crippen LogP contribution in [0.1, 0.15) is 112 Å². The maximum atomic E-state index is 15.4. The number of carboxylic acid groups (broad SMARTS) is 1. The lowest BCUT2D eigenvalue weighted by atomic mass is 9.86. The normalized spacial score (nSPS) is 25.6. The van der Waals surface area contributed by atoms with Gasteiger partial charge in [0.05, 0.1) is 57.0 Å². The van der Waals surface area contributed by atoms with Gasteiger partial charge in [0.25, 0.3) is 0 Å². The van der Waals surface area contributed by atoms with Gasteiger partial charge in [-0.15, -0.1) is 11.3 Å². The monoisotopic (exact) mass is 1650 g/mol. The second-order valence-corrected chi connectivity index (χ2v) is 31.7. The summed E-state index contributed by atoms with van der Waals surface area (Å²) in [6, 6.07) is 9.00. The number of carbonyl (C=O) groups is 8. The number of ether oxygens (including phenoxy) is 6. The number of aliphatic hydroxyl groups excluding tert-OH is 5. The fourth-order valence-corrected chi connectivity index (χ4v) is 16.1. The van der Waals surface area contributed by atoms with Crippen molar-refractivity contribution in [3.8, 4) is 57.1 Å². The zero-order valence-corrected chi connectivity index (χ0v) is 64.2. The summed E-state index contributed by atoms with van der Waals surface area (Å²) in [7, 11) is 1.50. The molecule has 12 rings (SSSR count). The predicted molar refractivity (Wildman–Crippen MR) is 404 cm³/mol. The number of phenols is 3. The lowest BCUT2D eigenvalue weighted by Gasteiger charge is -2.47. The quantitative estimate of drug-likeness (QED) is 0.0413. The second-order valence-electron chi connectivity index (χ2n) is 28.1. The molecule has 8 bridgehead atoms. The van der Waals surface area contributed by atoms with E-state index in [1.165, 1.54) is 74.7 Å². The highest BCUT2D eigenvalue weighted by atomic mass is 35.5. The van der Waals surface area contributed by atoms with E-state index in [9.17, 15) is 74.7 Å². The number of primary amides is 2. The van der Waals surface area contributed by atoms with Crippen molar-refractivity contribution in [2.75, 3.05) is 12.8 Å². The number of nitrogens with two attached hydrogens (primary N) is 3. The number of nitrogens with zero attached hydrogens (tertiary/aromatic N) is 1. The SMILES string of the molecule is CN[C@H](CC(C)C)C(=O)N[C@@H](C(=O)N[C@@H](CC(N)=O)C(N)=O)[C@H](O)c1ccc(Oc2cc3cc(c2OC2OC(CSc4nc5cc(Cl)ccc5s4)C(O)C(O)C2OC2CC(C)(N)C(O)C(C)O2)Oc2ccc(cc2Cl)[C@@H](O)C2NC(=O)[C@H](NC(=O)[C@@H]3C)c3ccc(O)c(c3)-c3c(O)cc(O)cc3[C@H](C(=O)O)NC2=O)c(Cl)c1. The Morgan fingerprint density at radius 1 is 0.777 bits per heavy atom. The average molecular weight is 1650 g/mol. The molecule has 7 amide bonds. The first-order valence-corrected chi connectivity index (χ1v) is 37.8. The molecule has 7 aromatic rings. The minimum atomic E-state index is -2.18. The van der Waals surface area contributed by atoms with Crippen LogP contribution in [-0.4, -0.2) is 190 Å². The van der Waals surface area contributed by atoms with Crippen LogP contribution in [0.15, 0.2) is 101 Å². The number of rotatable bonds is 22. The molecule has 5 aliphatic heterocycles. The Bertz CT molecular complexity index is 4810. The third kappa shape index (κ3) is 18.4. The van der Waals surface area contributed by atoms with Gasteiger partial charge in [-0.1, -0.05) is 78.6 Å². The van der Waals surface area contributed by atoms with Gasteiger partial charge in [-0.2, -0.15) is 0 Å². The molecule has 0 aliphatic carbocycles. The van der Waals surface area contributed by atoms with Gasteiger partial charge in [0.1, 0.15) is 77.3 Å². The van der Waals surface area contributed by atoms with E-state index in [0.29, 0.717) is 14.9 Å². The molecule has 0 saturated carbocycles. The number of fused-ring (bicyclic) bond motifs is 9. The van der Waals surface area contributed by atoms with Crippen molar-refractivity contribution in [3.05, 3.63) is 140 Å². The van der Waals surface area contributed by atoms with E-state index in [2.05, 4.69) is 36.9 Å². The number of aromatic nitrogens is 1. The molecular formula is C74H81Cl3N10O23S2. The first-order valence-electron chi connectivity index (χ1n) is 34.9. The maximum absolute atomic E-state index is 15.4. The van der Waals surface area contributed by atoms with E-state index in [1.807, 2.05) is 13.8 Å². The Morgan fingerprint density at radius 2 is 1.51 bits per heavy atom. The number of nitrogens with one attached hydrogen (secondary N) is 6. The van der Waals surface area contributed by atoms with Crippen molar-refractivity contribution >= 4 is 115 Å². The highest BCUT2D eigenvalue weighted by Crippen LogP contribution is 2.50. The average Bonchev–Trinajstić information content (AvgIpc) is 0.845. The van der Waals surface area contributed by atoms with Crippen molar-refractivity contribution < 1.29 is 113 Å². The minimum absolute atomic E-state index is 0.0644. The summed E-state index contributed by atoms with van der Waals surface area (Å²) in [5, 5.41) is 120. The van der Waals surface area contributed by atoms with Gasteiger partial charge in [0, 0.05) is 45.5 Å². The van der Waals surface area contributed by atoms with E-state index < -0.39 is 208 Å². The zero-order chi connectivity index (χ0) is 81.4. The molecule has 598 valence electrons. The van der Waals surface area contributed by atoms with Gasteiger partial charge in [-0.3, -0.25) is 33.6 Å². The minimum Gasteiger partial charge on any atom is -0.508 e. The van der Waals surface area contributed by atoms with Crippen LogP contribution in [0, 0.1) is 5.92 Å². The van der Waals surface area contributed by atoms with Crippen LogP contribution >= 0.6 is 57.9 Å². The Kier molecular flexibility index (Phi) is 25.7. The number of likely N-dealkylation sites (N-methyl/N-ethyl adjacent to an activating group) is 1. The lowest BCUT2D eigenvalue weighted by Crippen LogP contribution is -2.64. The Morgan fingerprint density at radius 3 is 2.18 bits per heavy atom. The largest absolute Gasteiger partial charge is 0.508 e. The van der Waals surface area contributed by atoms with Crippen LogP contribution in [0.3, 0.4) is 0 Å². The molecule has 10 unspecified atom stereocenters. The number of hydrogen-bond acceptors (Lipinski definition) is 27. The number of thiazole rings is 1. The summed E-state index contributed by atoms with van der Waals surface area (Å²) < 4.78 is 41.0. The second kappa shape index (κ2) is 34.5. The third-order valence-electron chi connectivity index (χ3n) is 19.3. The van der Waals surface area contributed by atoms with Gasteiger partial charge < -0.3 is 123 Å². The van der Waals surface area contributed by atoms with Crippen LogP contribution in [0.25, 0.3) is 21.3 Å². The van der Waals surface area contributed by atoms with Crippen molar-refractivity contribution in [3.63, 3.8) is 0 Å². The van der Waals surface area contributed by atoms with Crippen LogP contribution in [0.2, 0.25) is 15.1 Å². The fourth-order valence-electron chi connectivity index (χ4n) is 13.3. The van der Waals surface area contributed by atoms with Crippen molar-refractivity contribution in [1.82, 2.24) is 36.9 Å². The zero-order valence-electron chi connectivity index (χ0n) is 60.3. The molecule has 6 aromatic carbocycles. The van der Waals surface area contributed by atoms with Gasteiger partial charge >= 0.3 is 5.97 Å². The summed E-state index contributed by atoms with van der Waals surface area (Å²) in [6.45, 7) is 8.12. The summed E-state index contributed by atoms with van der Waals surface area (Å²) in [6.07, 6.45) is -17.3. The number of thioether (sulfide) groups is 1. The molecule has 2 saturated heterocycles. The molecule has 21 N–H and O–H groups in total. The van der Waals surface area contributed by atoms with Gasteiger partial charge in [0.15, 0.2) is 34.3 Å². The maximum Gasteiger partial charge on any atom is 0.330 e. The summed E-state index contributed by atoms with van der Waals surface area (Å²) >= 11 is 23.1. The molecule has 0 radical (unpaired) electrons. The van der Waals surface area contributed by atoms with Crippen molar-refractivity contribution in [2.45, 2.75) is 167 Å². The van der Waals surface area contributed by atoms with E-state index in [-0.39, 0.29) is 73.9 Å². The molecule has 1 aromatic heterocycles. The molecule has 0 spiro atoms. The topological polar surface area (TPSA) is 537 Å². The highest BCUT2D eigenvalue weighted by Gasteiger charge is 2.52. The number of carboxylic acids is 1. The molecular weight excluding hydrogens is 1570 g/mol. The molecule has 112 heavy (non-hydrogen) atoms. The van der Waals surface area contributed by atoms with E-state index in [4.69, 9.17) is 80.4 Å². The molecule has 18 atom stereocenters. The predicted octanol–water partition coefficient (Wildman–Crippen LogP) is 4.59. The van der Waals surface area contributed by atoms with E-state index >= 15 is 9.59 Å². The number of benzene rings is 6. The number of amides is 7. The van der Waals surface area contributed by atoms with Gasteiger partial charge in [-0.25, -0.2) is 9.78 Å². The number of aliphatic carboxylic acids is 1. The summed E-state index contributed by atoms with van der Waals surface area (Å²) in [5.74, 6) is -15.4. The third-order valence-corrected chi connectivity index (χ3v) is 22.4.